The molecule has 0 unspecified atom stereocenters. The maximum absolute atomic E-state index is 12.3. The number of benzene rings is 2. The Bertz CT molecular complexity index is 791. The van der Waals surface area contributed by atoms with Crippen LogP contribution in [0.25, 0.3) is 5.57 Å². The third-order valence-corrected chi connectivity index (χ3v) is 5.71. The Morgan fingerprint density at radius 3 is 1.94 bits per heavy atom. The maximum Gasteiger partial charge on any atom is 0.248 e. The van der Waals surface area contributed by atoms with Crippen molar-refractivity contribution in [1.29, 1.82) is 0 Å². The SMILES string of the molecule is CCCCCCCCCCCCc1ccc(NC(=O)C=C(C)c2ccc(O)cc2)cc1. The molecule has 1 amide bonds. The number of aromatic hydroxyl groups is 1. The first-order chi connectivity index (χ1) is 15.1. The first kappa shape index (κ1) is 24.7. The average Bonchev–Trinajstić information content (AvgIpc) is 2.76. The Hall–Kier alpha value is -2.55. The van der Waals surface area contributed by atoms with E-state index in [9.17, 15) is 9.90 Å². The molecule has 0 aliphatic rings. The van der Waals surface area contributed by atoms with Crippen LogP contribution in [-0.2, 0) is 11.2 Å². The zero-order valence-corrected chi connectivity index (χ0v) is 19.3. The highest BCUT2D eigenvalue weighted by molar-refractivity contribution is 6.03. The van der Waals surface area contributed by atoms with Crippen molar-refractivity contribution in [3.63, 3.8) is 0 Å². The second-order valence-corrected chi connectivity index (χ2v) is 8.49. The number of hydrogen-bond acceptors (Lipinski definition) is 2. The monoisotopic (exact) mass is 421 g/mol. The molecule has 2 N–H and O–H groups in total. The van der Waals surface area contributed by atoms with Gasteiger partial charge in [-0.05, 0) is 60.7 Å². The molecule has 0 saturated carbocycles. The Morgan fingerprint density at radius 2 is 1.35 bits per heavy atom. The molecule has 0 aromatic heterocycles. The largest absolute Gasteiger partial charge is 0.508 e. The molecule has 0 spiro atoms. The number of unbranched alkanes of at least 4 members (excludes halogenated alkanes) is 9. The lowest BCUT2D eigenvalue weighted by Gasteiger charge is -2.07. The number of carbonyl (C=O) groups excluding carboxylic acids is 1. The van der Waals surface area contributed by atoms with Crippen LogP contribution < -0.4 is 5.32 Å². The molecule has 0 aliphatic carbocycles. The zero-order valence-electron chi connectivity index (χ0n) is 19.3. The molecule has 0 atom stereocenters. The molecule has 3 heteroatoms. The van der Waals surface area contributed by atoms with Crippen molar-refractivity contribution in [3.8, 4) is 5.75 Å². The number of phenolic OH excluding ortho intramolecular Hbond substituents is 1. The molecule has 3 nitrogen and oxygen atoms in total. The molecule has 0 fully saturated rings. The van der Waals surface area contributed by atoms with Crippen LogP contribution in [0.2, 0.25) is 0 Å². The smallest absolute Gasteiger partial charge is 0.248 e. The maximum atomic E-state index is 12.3. The Balaban J connectivity index is 1.64. The molecule has 0 heterocycles. The van der Waals surface area contributed by atoms with Crippen LogP contribution in [0.4, 0.5) is 5.69 Å². The number of allylic oxidation sites excluding steroid dienone is 1. The van der Waals surface area contributed by atoms with Crippen LogP contribution in [0.1, 0.15) is 89.2 Å². The van der Waals surface area contributed by atoms with Gasteiger partial charge >= 0.3 is 0 Å². The van der Waals surface area contributed by atoms with Gasteiger partial charge in [0.15, 0.2) is 0 Å². The van der Waals surface area contributed by atoms with E-state index in [0.29, 0.717) is 0 Å². The molecule has 0 aliphatic heterocycles. The summed E-state index contributed by atoms with van der Waals surface area (Å²) in [7, 11) is 0. The molecule has 2 aromatic carbocycles. The van der Waals surface area contributed by atoms with E-state index in [1.54, 1.807) is 30.3 Å². The molecule has 0 bridgehead atoms. The predicted octanol–water partition coefficient (Wildman–Crippen LogP) is 7.90. The van der Waals surface area contributed by atoms with E-state index in [0.717, 1.165) is 23.2 Å². The number of aryl methyl sites for hydroxylation is 1. The molecule has 168 valence electrons. The first-order valence-electron chi connectivity index (χ1n) is 12.0. The van der Waals surface area contributed by atoms with Gasteiger partial charge in [0, 0.05) is 11.8 Å². The molecule has 0 saturated heterocycles. The van der Waals surface area contributed by atoms with Gasteiger partial charge in [-0.2, -0.15) is 0 Å². The van der Waals surface area contributed by atoms with E-state index in [2.05, 4.69) is 24.4 Å². The lowest BCUT2D eigenvalue weighted by molar-refractivity contribution is -0.111. The molecule has 2 rings (SSSR count). The van der Waals surface area contributed by atoms with Gasteiger partial charge in [0.1, 0.15) is 5.75 Å². The van der Waals surface area contributed by atoms with Gasteiger partial charge in [0.05, 0.1) is 0 Å². The number of rotatable bonds is 14. The minimum absolute atomic E-state index is 0.145. The normalized spacial score (nSPS) is 11.5. The Labute approximate surface area is 188 Å². The zero-order chi connectivity index (χ0) is 22.3. The third kappa shape index (κ3) is 10.3. The number of anilines is 1. The lowest BCUT2D eigenvalue weighted by Crippen LogP contribution is -2.08. The topological polar surface area (TPSA) is 49.3 Å². The fourth-order valence-electron chi connectivity index (χ4n) is 3.75. The summed E-state index contributed by atoms with van der Waals surface area (Å²) in [6.45, 7) is 4.16. The standard InChI is InChI=1S/C28H39NO2/c1-3-4-5-6-7-8-9-10-11-12-13-24-14-18-26(19-15-24)29-28(31)22-23(2)25-16-20-27(30)21-17-25/h14-22,30H,3-13H2,1-2H3,(H,29,31). The van der Waals surface area contributed by atoms with Gasteiger partial charge in [-0.1, -0.05) is 89.0 Å². The van der Waals surface area contributed by atoms with E-state index in [4.69, 9.17) is 0 Å². The van der Waals surface area contributed by atoms with Crippen LogP contribution in [0, 0.1) is 0 Å². The lowest BCUT2D eigenvalue weighted by atomic mass is 10.0. The fraction of sp³-hybridized carbons (Fsp3) is 0.464. The molecule has 0 radical (unpaired) electrons. The summed E-state index contributed by atoms with van der Waals surface area (Å²) in [5.74, 6) is 0.0758. The summed E-state index contributed by atoms with van der Waals surface area (Å²) >= 11 is 0. The summed E-state index contributed by atoms with van der Waals surface area (Å²) < 4.78 is 0. The second-order valence-electron chi connectivity index (χ2n) is 8.49. The third-order valence-electron chi connectivity index (χ3n) is 5.71. The van der Waals surface area contributed by atoms with Crippen molar-refractivity contribution < 1.29 is 9.90 Å². The highest BCUT2D eigenvalue weighted by Crippen LogP contribution is 2.18. The first-order valence-corrected chi connectivity index (χ1v) is 12.0. The molecule has 2 aromatic rings. The van der Waals surface area contributed by atoms with E-state index >= 15 is 0 Å². The van der Waals surface area contributed by atoms with Crippen LogP contribution in [0.15, 0.2) is 54.6 Å². The van der Waals surface area contributed by atoms with Gasteiger partial charge < -0.3 is 10.4 Å². The number of nitrogens with one attached hydrogen (secondary N) is 1. The minimum Gasteiger partial charge on any atom is -0.508 e. The number of carbonyl (C=O) groups is 1. The van der Waals surface area contributed by atoms with Gasteiger partial charge in [0.2, 0.25) is 5.91 Å². The minimum atomic E-state index is -0.145. The quantitative estimate of drug-likeness (QED) is 0.240. The Morgan fingerprint density at radius 1 is 0.806 bits per heavy atom. The van der Waals surface area contributed by atoms with Crippen molar-refractivity contribution in [3.05, 3.63) is 65.7 Å². The molecule has 31 heavy (non-hydrogen) atoms. The summed E-state index contributed by atoms with van der Waals surface area (Å²) in [6.07, 6.45) is 16.2. The van der Waals surface area contributed by atoms with Crippen molar-refractivity contribution in [2.75, 3.05) is 5.32 Å². The number of hydrogen-bond donors (Lipinski definition) is 2. The van der Waals surface area contributed by atoms with Crippen molar-refractivity contribution >= 4 is 17.2 Å². The van der Waals surface area contributed by atoms with Gasteiger partial charge in [-0.25, -0.2) is 0 Å². The summed E-state index contributed by atoms with van der Waals surface area (Å²) in [4.78, 5) is 12.3. The van der Waals surface area contributed by atoms with E-state index < -0.39 is 0 Å². The van der Waals surface area contributed by atoms with Gasteiger partial charge in [-0.3, -0.25) is 4.79 Å². The highest BCUT2D eigenvalue weighted by Gasteiger charge is 2.03. The summed E-state index contributed by atoms with van der Waals surface area (Å²) in [5.41, 5.74) is 3.91. The average molecular weight is 422 g/mol. The van der Waals surface area contributed by atoms with Crippen molar-refractivity contribution in [2.45, 2.75) is 84.5 Å². The van der Waals surface area contributed by atoms with E-state index in [1.165, 1.54) is 69.8 Å². The number of phenols is 1. The number of amides is 1. The van der Waals surface area contributed by atoms with Crippen LogP contribution in [0.3, 0.4) is 0 Å². The summed E-state index contributed by atoms with van der Waals surface area (Å²) in [5, 5.41) is 12.3. The fourth-order valence-corrected chi connectivity index (χ4v) is 3.75. The van der Waals surface area contributed by atoms with E-state index in [1.807, 2.05) is 19.1 Å². The summed E-state index contributed by atoms with van der Waals surface area (Å²) in [6, 6.07) is 15.0. The molecular weight excluding hydrogens is 382 g/mol. The predicted molar refractivity (Wildman–Crippen MR) is 132 cm³/mol. The second kappa shape index (κ2) is 14.5. The molecular formula is C28H39NO2. The van der Waals surface area contributed by atoms with Crippen molar-refractivity contribution in [1.82, 2.24) is 0 Å². The van der Waals surface area contributed by atoms with Crippen LogP contribution in [0.5, 0.6) is 5.75 Å². The van der Waals surface area contributed by atoms with Crippen LogP contribution in [-0.4, -0.2) is 11.0 Å². The van der Waals surface area contributed by atoms with Gasteiger partial charge in [0.25, 0.3) is 0 Å². The Kier molecular flexibility index (Phi) is 11.5. The van der Waals surface area contributed by atoms with E-state index in [-0.39, 0.29) is 11.7 Å². The highest BCUT2D eigenvalue weighted by atomic mass is 16.3. The van der Waals surface area contributed by atoms with Crippen molar-refractivity contribution in [2.24, 2.45) is 0 Å². The van der Waals surface area contributed by atoms with Crippen LogP contribution >= 0.6 is 0 Å². The van der Waals surface area contributed by atoms with Gasteiger partial charge in [-0.15, -0.1) is 0 Å².